The molecule has 0 radical (unpaired) electrons. The average Bonchev–Trinajstić information content (AvgIpc) is 2.91. The lowest BCUT2D eigenvalue weighted by Crippen LogP contribution is -2.48. The van der Waals surface area contributed by atoms with Gasteiger partial charge in [-0.05, 0) is 18.1 Å². The average molecular weight is 358 g/mol. The maximum absolute atomic E-state index is 10.8. The Hall–Kier alpha value is -1.76. The van der Waals surface area contributed by atoms with Gasteiger partial charge in [0.1, 0.15) is 17.8 Å². The minimum atomic E-state index is -1.26. The minimum absolute atomic E-state index is 0.310. The van der Waals surface area contributed by atoms with Crippen molar-refractivity contribution in [2.45, 2.75) is 44.2 Å². The lowest BCUT2D eigenvalue weighted by Gasteiger charge is -2.29. The van der Waals surface area contributed by atoms with E-state index in [1.54, 1.807) is 6.92 Å². The van der Waals surface area contributed by atoms with Gasteiger partial charge in [0, 0.05) is 7.11 Å². The second-order valence-electron chi connectivity index (χ2n) is 6.69. The molecule has 5 nitrogen and oxygen atoms in total. The molecule has 5 heteroatoms. The molecule has 3 rings (SSSR count). The first-order chi connectivity index (χ1) is 12.6. The van der Waals surface area contributed by atoms with Gasteiger partial charge < -0.3 is 24.1 Å². The van der Waals surface area contributed by atoms with E-state index in [0.717, 1.165) is 11.1 Å². The van der Waals surface area contributed by atoms with Crippen LogP contribution in [0.3, 0.4) is 0 Å². The number of rotatable bonds is 8. The number of hydrogen-bond donors (Lipinski definition) is 1. The van der Waals surface area contributed by atoms with Gasteiger partial charge >= 0.3 is 0 Å². The fourth-order valence-electron chi connectivity index (χ4n) is 3.20. The maximum atomic E-state index is 10.8. The number of aliphatic hydroxyl groups is 1. The third kappa shape index (κ3) is 4.50. The van der Waals surface area contributed by atoms with Crippen LogP contribution < -0.4 is 0 Å². The van der Waals surface area contributed by atoms with Crippen LogP contribution in [0.15, 0.2) is 60.7 Å². The molecule has 1 aliphatic rings. The summed E-state index contributed by atoms with van der Waals surface area (Å²) in [7, 11) is 1.51. The van der Waals surface area contributed by atoms with Crippen molar-refractivity contribution >= 4 is 0 Å². The largest absolute Gasteiger partial charge is 0.382 e. The molecule has 26 heavy (non-hydrogen) atoms. The van der Waals surface area contributed by atoms with Crippen molar-refractivity contribution in [1.82, 2.24) is 0 Å². The van der Waals surface area contributed by atoms with Crippen molar-refractivity contribution in [1.29, 1.82) is 0 Å². The molecule has 0 amide bonds. The third-order valence-corrected chi connectivity index (χ3v) is 4.57. The van der Waals surface area contributed by atoms with Crippen molar-refractivity contribution in [2.75, 3.05) is 13.7 Å². The quantitative estimate of drug-likeness (QED) is 0.786. The van der Waals surface area contributed by atoms with E-state index in [9.17, 15) is 5.11 Å². The Morgan fingerprint density at radius 1 is 0.962 bits per heavy atom. The van der Waals surface area contributed by atoms with Crippen LogP contribution in [0.4, 0.5) is 0 Å². The molecule has 140 valence electrons. The summed E-state index contributed by atoms with van der Waals surface area (Å²) in [5, 5.41) is 10.8. The molecule has 1 aliphatic heterocycles. The van der Waals surface area contributed by atoms with Gasteiger partial charge in [0.2, 0.25) is 0 Å². The molecule has 0 unspecified atom stereocenters. The Balaban J connectivity index is 1.61. The molecule has 1 fully saturated rings. The van der Waals surface area contributed by atoms with Crippen molar-refractivity contribution < 1.29 is 24.1 Å². The highest BCUT2D eigenvalue weighted by molar-refractivity contribution is 5.14. The first-order valence-corrected chi connectivity index (χ1v) is 8.79. The van der Waals surface area contributed by atoms with Crippen LogP contribution in [-0.2, 0) is 32.2 Å². The third-order valence-electron chi connectivity index (χ3n) is 4.57. The van der Waals surface area contributed by atoms with Crippen LogP contribution >= 0.6 is 0 Å². The van der Waals surface area contributed by atoms with Gasteiger partial charge in [0.15, 0.2) is 6.29 Å². The van der Waals surface area contributed by atoms with Gasteiger partial charge in [-0.2, -0.15) is 0 Å². The van der Waals surface area contributed by atoms with E-state index < -0.39 is 24.1 Å². The summed E-state index contributed by atoms with van der Waals surface area (Å²) < 4.78 is 23.0. The van der Waals surface area contributed by atoms with Crippen LogP contribution in [0.1, 0.15) is 18.1 Å². The molecule has 0 bridgehead atoms. The summed E-state index contributed by atoms with van der Waals surface area (Å²) in [6.07, 6.45) is -1.72. The highest BCUT2D eigenvalue weighted by atomic mass is 16.7. The van der Waals surface area contributed by atoms with E-state index in [1.165, 1.54) is 7.11 Å². The molecule has 1 N–H and O–H groups in total. The Morgan fingerprint density at radius 3 is 2.12 bits per heavy atom. The summed E-state index contributed by atoms with van der Waals surface area (Å²) in [6, 6.07) is 19.8. The van der Waals surface area contributed by atoms with Crippen LogP contribution in [-0.4, -0.2) is 42.9 Å². The SMILES string of the molecule is CO[C@H]1O[C@H](COCc2ccccc2)[C@@H](OCc2ccccc2)[C@]1(C)O. The molecule has 0 spiro atoms. The monoisotopic (exact) mass is 358 g/mol. The van der Waals surface area contributed by atoms with E-state index in [2.05, 4.69) is 0 Å². The highest BCUT2D eigenvalue weighted by Crippen LogP contribution is 2.34. The van der Waals surface area contributed by atoms with Crippen molar-refractivity contribution in [3.8, 4) is 0 Å². The van der Waals surface area contributed by atoms with Gasteiger partial charge in [-0.25, -0.2) is 0 Å². The molecule has 0 aromatic heterocycles. The summed E-state index contributed by atoms with van der Waals surface area (Å²) in [4.78, 5) is 0. The Bertz CT molecular complexity index is 659. The minimum Gasteiger partial charge on any atom is -0.382 e. The fraction of sp³-hybridized carbons (Fsp3) is 0.429. The standard InChI is InChI=1S/C21H26O5/c1-21(22)19(25-14-17-11-7-4-8-12-17)18(26-20(21)23-2)15-24-13-16-9-5-3-6-10-16/h3-12,18-20,22H,13-15H2,1-2H3/t18-,19-,20+,21+/m1/s1. The second-order valence-corrected chi connectivity index (χ2v) is 6.69. The smallest absolute Gasteiger partial charge is 0.188 e. The first kappa shape index (κ1) is 19.0. The summed E-state index contributed by atoms with van der Waals surface area (Å²) in [5.41, 5.74) is 0.861. The Labute approximate surface area is 154 Å². The molecular formula is C21H26O5. The van der Waals surface area contributed by atoms with E-state index in [4.69, 9.17) is 18.9 Å². The molecular weight excluding hydrogens is 332 g/mol. The fourth-order valence-corrected chi connectivity index (χ4v) is 3.20. The van der Waals surface area contributed by atoms with Crippen molar-refractivity contribution in [3.05, 3.63) is 71.8 Å². The molecule has 0 aliphatic carbocycles. The lowest BCUT2D eigenvalue weighted by molar-refractivity contribution is -0.190. The van der Waals surface area contributed by atoms with Crippen LogP contribution in [0.5, 0.6) is 0 Å². The Morgan fingerprint density at radius 2 is 1.54 bits per heavy atom. The molecule has 0 saturated carbocycles. The van der Waals surface area contributed by atoms with E-state index in [0.29, 0.717) is 19.8 Å². The van der Waals surface area contributed by atoms with E-state index in [1.807, 2.05) is 60.7 Å². The number of hydrogen-bond acceptors (Lipinski definition) is 5. The zero-order valence-corrected chi connectivity index (χ0v) is 15.2. The highest BCUT2D eigenvalue weighted by Gasteiger charge is 2.54. The molecule has 2 aromatic carbocycles. The van der Waals surface area contributed by atoms with Gasteiger partial charge in [0.25, 0.3) is 0 Å². The number of benzene rings is 2. The lowest BCUT2D eigenvalue weighted by atomic mass is 9.97. The molecule has 2 aromatic rings. The zero-order chi connectivity index (χ0) is 18.4. The molecule has 1 saturated heterocycles. The first-order valence-electron chi connectivity index (χ1n) is 8.79. The van der Waals surface area contributed by atoms with Crippen LogP contribution in [0.2, 0.25) is 0 Å². The van der Waals surface area contributed by atoms with Crippen molar-refractivity contribution in [3.63, 3.8) is 0 Å². The predicted octanol–water partition coefficient (Wildman–Crippen LogP) is 2.91. The van der Waals surface area contributed by atoms with Crippen molar-refractivity contribution in [2.24, 2.45) is 0 Å². The number of ether oxygens (including phenoxy) is 4. The van der Waals surface area contributed by atoms with Gasteiger partial charge in [-0.1, -0.05) is 60.7 Å². The zero-order valence-electron chi connectivity index (χ0n) is 15.2. The van der Waals surface area contributed by atoms with Gasteiger partial charge in [-0.15, -0.1) is 0 Å². The second kappa shape index (κ2) is 8.75. The summed E-state index contributed by atoms with van der Waals surface area (Å²) in [5.74, 6) is 0. The van der Waals surface area contributed by atoms with Crippen LogP contribution in [0.25, 0.3) is 0 Å². The molecule has 1 heterocycles. The van der Waals surface area contributed by atoms with E-state index in [-0.39, 0.29) is 0 Å². The topological polar surface area (TPSA) is 57.2 Å². The summed E-state index contributed by atoms with van der Waals surface area (Å²) in [6.45, 7) is 2.85. The predicted molar refractivity (Wildman–Crippen MR) is 97.4 cm³/mol. The number of methoxy groups -OCH3 is 1. The van der Waals surface area contributed by atoms with Gasteiger partial charge in [-0.3, -0.25) is 0 Å². The van der Waals surface area contributed by atoms with E-state index >= 15 is 0 Å². The Kier molecular flexibility index (Phi) is 6.40. The normalized spacial score (nSPS) is 28.3. The summed E-state index contributed by atoms with van der Waals surface area (Å²) >= 11 is 0. The van der Waals surface area contributed by atoms with Gasteiger partial charge in [0.05, 0.1) is 19.8 Å². The maximum Gasteiger partial charge on any atom is 0.188 e. The molecule has 4 atom stereocenters. The van der Waals surface area contributed by atoms with Crippen LogP contribution in [0, 0.1) is 0 Å².